The van der Waals surface area contributed by atoms with Crippen molar-refractivity contribution in [3.8, 4) is 5.75 Å². The zero-order chi connectivity index (χ0) is 26.9. The summed E-state index contributed by atoms with van der Waals surface area (Å²) < 4.78 is 13.3. The average molecular weight is 535 g/mol. The normalized spacial score (nSPS) is 17.6. The molecule has 3 unspecified atom stereocenters. The molecule has 0 heterocycles. The molecule has 0 radical (unpaired) electrons. The number of fused-ring (bicyclic) bond motifs is 5. The summed E-state index contributed by atoms with van der Waals surface area (Å²) in [4.78, 5) is 0. The molecule has 3 aromatic rings. The molecule has 0 saturated heterocycles. The maximum absolute atomic E-state index is 13.3. The van der Waals surface area contributed by atoms with E-state index in [9.17, 15) is 9.50 Å². The van der Waals surface area contributed by atoms with Crippen LogP contribution < -0.4 is 0 Å². The van der Waals surface area contributed by atoms with E-state index < -0.39 is 6.17 Å². The molecule has 2 aliphatic carbocycles. The van der Waals surface area contributed by atoms with Gasteiger partial charge in [-0.15, -0.1) is 0 Å². The maximum Gasteiger partial charge on any atom is 0.121 e. The third kappa shape index (κ3) is 8.64. The van der Waals surface area contributed by atoms with E-state index in [2.05, 4.69) is 43.8 Å². The molecular formula is C35H47FO3. The fraction of sp³-hybridized carbons (Fsp3) is 0.371. The second-order valence-corrected chi connectivity index (χ2v) is 10.2. The lowest BCUT2D eigenvalue weighted by Crippen LogP contribution is -2.06. The summed E-state index contributed by atoms with van der Waals surface area (Å²) in [6.07, 6.45) is 9.70. The SMILES string of the molecule is C=Cc1cc2c(cc1C=CC(C)F)CCC1Cc3c(ccc(C)c3O)CC2C1.CC.Cc1ccccc1.O.O. The lowest BCUT2D eigenvalue weighted by molar-refractivity contribution is 0.420. The van der Waals surface area contributed by atoms with E-state index in [1.165, 1.54) is 22.3 Å². The Bertz CT molecular complexity index is 1210. The highest BCUT2D eigenvalue weighted by molar-refractivity contribution is 5.67. The van der Waals surface area contributed by atoms with Gasteiger partial charge in [0, 0.05) is 0 Å². The maximum atomic E-state index is 13.3. The molecular weight excluding hydrogens is 487 g/mol. The van der Waals surface area contributed by atoms with E-state index >= 15 is 0 Å². The zero-order valence-corrected chi connectivity index (χ0v) is 24.2. The number of alkyl halides is 1. The van der Waals surface area contributed by atoms with E-state index in [4.69, 9.17) is 0 Å². The van der Waals surface area contributed by atoms with Gasteiger partial charge in [-0.05, 0) is 104 Å². The van der Waals surface area contributed by atoms with Gasteiger partial charge in [0.25, 0.3) is 0 Å². The summed E-state index contributed by atoms with van der Waals surface area (Å²) in [5.41, 5.74) is 9.69. The zero-order valence-electron chi connectivity index (χ0n) is 24.2. The van der Waals surface area contributed by atoms with Crippen LogP contribution in [0.2, 0.25) is 0 Å². The van der Waals surface area contributed by atoms with Crippen molar-refractivity contribution in [1.29, 1.82) is 0 Å². The molecule has 0 amide bonds. The quantitative estimate of drug-likeness (QED) is 0.364. The molecule has 5 rings (SSSR count). The predicted molar refractivity (Wildman–Crippen MR) is 165 cm³/mol. The Morgan fingerprint density at radius 1 is 0.949 bits per heavy atom. The minimum atomic E-state index is -0.952. The highest BCUT2D eigenvalue weighted by Crippen LogP contribution is 2.44. The molecule has 0 spiro atoms. The number of allylic oxidation sites excluding steroid dienone is 1. The summed E-state index contributed by atoms with van der Waals surface area (Å²) >= 11 is 0. The fourth-order valence-electron chi connectivity index (χ4n) is 5.54. The molecule has 0 fully saturated rings. The molecule has 2 aliphatic rings. The van der Waals surface area contributed by atoms with Crippen LogP contribution in [0.5, 0.6) is 5.75 Å². The molecule has 3 aromatic carbocycles. The van der Waals surface area contributed by atoms with E-state index in [-0.39, 0.29) is 11.0 Å². The van der Waals surface area contributed by atoms with Gasteiger partial charge < -0.3 is 16.1 Å². The van der Waals surface area contributed by atoms with Crippen molar-refractivity contribution in [2.45, 2.75) is 78.8 Å². The van der Waals surface area contributed by atoms with Gasteiger partial charge in [-0.2, -0.15) is 0 Å². The Kier molecular flexibility index (Phi) is 13.9. The number of rotatable bonds is 3. The molecule has 2 bridgehead atoms. The molecule has 0 aliphatic heterocycles. The van der Waals surface area contributed by atoms with Crippen LogP contribution in [-0.4, -0.2) is 22.2 Å². The molecule has 4 heteroatoms. The van der Waals surface area contributed by atoms with Crippen molar-refractivity contribution >= 4 is 12.2 Å². The number of hydrogen-bond donors (Lipinski definition) is 1. The number of phenols is 1. The second-order valence-electron chi connectivity index (χ2n) is 10.2. The predicted octanol–water partition coefficient (Wildman–Crippen LogP) is 7.92. The number of phenolic OH excluding ortho intramolecular Hbond substituents is 1. The van der Waals surface area contributed by atoms with Gasteiger partial charge >= 0.3 is 0 Å². The molecule has 5 N–H and O–H groups in total. The van der Waals surface area contributed by atoms with Crippen LogP contribution in [0.15, 0.2) is 67.3 Å². The van der Waals surface area contributed by atoms with Gasteiger partial charge in [0.2, 0.25) is 0 Å². The van der Waals surface area contributed by atoms with Gasteiger partial charge in [0.15, 0.2) is 0 Å². The fourth-order valence-corrected chi connectivity index (χ4v) is 5.54. The van der Waals surface area contributed by atoms with Crippen LogP contribution in [0.1, 0.15) is 84.0 Å². The number of aryl methyl sites for hydroxylation is 3. The summed E-state index contributed by atoms with van der Waals surface area (Å²) in [6, 6.07) is 19.0. The molecule has 212 valence electrons. The first-order valence-electron chi connectivity index (χ1n) is 13.8. The van der Waals surface area contributed by atoms with Crippen LogP contribution >= 0.6 is 0 Å². The standard InChI is InChI=1S/C26H29FO.C7H8.C2H6.2H2O/c1-4-19-15-24-21(13-20(19)9-6-17(3)27)10-7-18-11-23(24)14-22-8-5-16(2)26(28)25(22)12-18;1-7-5-3-2-4-6-7;1-2;;/h4-6,8-9,13,15,17-18,23,28H,1,7,10-12,14H2,2-3H3;2-6H,1H3;1-2H3;2*1H2. The summed E-state index contributed by atoms with van der Waals surface area (Å²) in [5, 5.41) is 10.6. The van der Waals surface area contributed by atoms with Crippen molar-refractivity contribution in [2.24, 2.45) is 5.92 Å². The van der Waals surface area contributed by atoms with Crippen LogP contribution in [0.25, 0.3) is 12.2 Å². The first-order valence-corrected chi connectivity index (χ1v) is 13.8. The second kappa shape index (κ2) is 16.0. The highest BCUT2D eigenvalue weighted by atomic mass is 19.1. The van der Waals surface area contributed by atoms with E-state index in [0.29, 0.717) is 17.6 Å². The summed E-state index contributed by atoms with van der Waals surface area (Å²) in [5.74, 6) is 1.54. The monoisotopic (exact) mass is 534 g/mol. The molecule has 0 saturated carbocycles. The van der Waals surface area contributed by atoms with Gasteiger partial charge in [0.05, 0.1) is 0 Å². The first-order chi connectivity index (χ1) is 17.9. The third-order valence-electron chi connectivity index (χ3n) is 7.47. The first kappa shape index (κ1) is 33.8. The lowest BCUT2D eigenvalue weighted by Gasteiger charge is -2.20. The van der Waals surface area contributed by atoms with Gasteiger partial charge in [-0.3, -0.25) is 0 Å². The summed E-state index contributed by atoms with van der Waals surface area (Å²) in [7, 11) is 0. The minimum Gasteiger partial charge on any atom is -0.507 e. The Labute approximate surface area is 234 Å². The number of benzene rings is 3. The molecule has 3 atom stereocenters. The van der Waals surface area contributed by atoms with Gasteiger partial charge in [0.1, 0.15) is 11.9 Å². The lowest BCUT2D eigenvalue weighted by atomic mass is 9.85. The van der Waals surface area contributed by atoms with Crippen molar-refractivity contribution in [2.75, 3.05) is 0 Å². The largest absolute Gasteiger partial charge is 0.507 e. The van der Waals surface area contributed by atoms with Crippen molar-refractivity contribution < 1.29 is 20.4 Å². The van der Waals surface area contributed by atoms with Crippen LogP contribution in [0.4, 0.5) is 4.39 Å². The van der Waals surface area contributed by atoms with Gasteiger partial charge in [-0.1, -0.05) is 98.8 Å². The third-order valence-corrected chi connectivity index (χ3v) is 7.47. The Hall–Kier alpha value is -3.21. The number of halogens is 1. The number of hydrogen-bond acceptors (Lipinski definition) is 1. The molecule has 0 aromatic heterocycles. The topological polar surface area (TPSA) is 83.2 Å². The van der Waals surface area contributed by atoms with E-state index in [0.717, 1.165) is 54.4 Å². The van der Waals surface area contributed by atoms with E-state index in [1.54, 1.807) is 13.0 Å². The molecule has 3 nitrogen and oxygen atoms in total. The van der Waals surface area contributed by atoms with Crippen molar-refractivity contribution in [3.05, 3.63) is 112 Å². The minimum absolute atomic E-state index is 0. The van der Waals surface area contributed by atoms with Crippen LogP contribution in [-0.2, 0) is 19.3 Å². The summed E-state index contributed by atoms with van der Waals surface area (Å²) in [6.45, 7) is 13.6. The number of aromatic hydroxyl groups is 1. The Morgan fingerprint density at radius 2 is 1.64 bits per heavy atom. The average Bonchev–Trinajstić information content (AvgIpc) is 3.20. The van der Waals surface area contributed by atoms with Crippen LogP contribution in [0, 0.1) is 19.8 Å². The van der Waals surface area contributed by atoms with Crippen LogP contribution in [0.3, 0.4) is 0 Å². The van der Waals surface area contributed by atoms with Crippen molar-refractivity contribution in [3.63, 3.8) is 0 Å². The highest BCUT2D eigenvalue weighted by Gasteiger charge is 2.31. The smallest absolute Gasteiger partial charge is 0.121 e. The molecule has 39 heavy (non-hydrogen) atoms. The Morgan fingerprint density at radius 3 is 2.23 bits per heavy atom. The van der Waals surface area contributed by atoms with Crippen molar-refractivity contribution in [1.82, 2.24) is 0 Å². The Balaban J connectivity index is 0.000000597. The van der Waals surface area contributed by atoms with Gasteiger partial charge in [-0.25, -0.2) is 4.39 Å². The van der Waals surface area contributed by atoms with E-state index in [1.807, 2.05) is 57.2 Å².